The number of rotatable bonds is 3. The summed E-state index contributed by atoms with van der Waals surface area (Å²) in [5, 5.41) is 10.8. The van der Waals surface area contributed by atoms with Crippen LogP contribution in [0.5, 0.6) is 0 Å². The van der Waals surface area contributed by atoms with Gasteiger partial charge < -0.3 is 10.2 Å². The Labute approximate surface area is 163 Å². The lowest BCUT2D eigenvalue weighted by atomic mass is 9.85. The minimum Gasteiger partial charge on any atom is -0.367 e. The maximum Gasteiger partial charge on any atom is 0.471 e. The van der Waals surface area contributed by atoms with E-state index >= 15 is 0 Å². The van der Waals surface area contributed by atoms with Crippen molar-refractivity contribution in [3.05, 3.63) is 65.2 Å². The van der Waals surface area contributed by atoms with Gasteiger partial charge in [0.05, 0.1) is 23.4 Å². The molecular weight excluding hydrogens is 393 g/mol. The van der Waals surface area contributed by atoms with Crippen molar-refractivity contribution in [3.8, 4) is 6.07 Å². The zero-order chi connectivity index (χ0) is 21.2. The summed E-state index contributed by atoms with van der Waals surface area (Å²) in [5.41, 5.74) is 0.834. The molecule has 1 amide bonds. The van der Waals surface area contributed by atoms with E-state index in [0.29, 0.717) is 18.5 Å². The molecule has 0 radical (unpaired) electrons. The lowest BCUT2D eigenvalue weighted by Crippen LogP contribution is -2.54. The Balaban J connectivity index is 1.88. The first-order valence-electron chi connectivity index (χ1n) is 8.77. The predicted molar refractivity (Wildman–Crippen MR) is 95.1 cm³/mol. The fourth-order valence-corrected chi connectivity index (χ4v) is 3.51. The van der Waals surface area contributed by atoms with Crippen molar-refractivity contribution in [1.82, 2.24) is 5.32 Å². The molecule has 1 heterocycles. The number of hydrogen-bond acceptors (Lipinski definition) is 3. The zero-order valence-electron chi connectivity index (χ0n) is 15.0. The molecule has 2 aromatic rings. The SMILES string of the molecule is N#Cc1ccc(N2CCC(c3ccc(F)cc3)C(NC(=O)C(F)(F)F)C2)c(F)c1. The van der Waals surface area contributed by atoms with Crippen LogP contribution in [0.25, 0.3) is 0 Å². The smallest absolute Gasteiger partial charge is 0.367 e. The van der Waals surface area contributed by atoms with E-state index in [2.05, 4.69) is 0 Å². The monoisotopic (exact) mass is 409 g/mol. The van der Waals surface area contributed by atoms with E-state index < -0.39 is 35.7 Å². The molecule has 4 nitrogen and oxygen atoms in total. The van der Waals surface area contributed by atoms with Crippen LogP contribution < -0.4 is 10.2 Å². The minimum atomic E-state index is -5.06. The average molecular weight is 409 g/mol. The molecule has 0 bridgehead atoms. The minimum absolute atomic E-state index is 0.0767. The average Bonchev–Trinajstić information content (AvgIpc) is 2.68. The highest BCUT2D eigenvalue weighted by Gasteiger charge is 2.42. The largest absolute Gasteiger partial charge is 0.471 e. The van der Waals surface area contributed by atoms with Crippen LogP contribution in [-0.2, 0) is 4.79 Å². The van der Waals surface area contributed by atoms with Gasteiger partial charge in [-0.05, 0) is 42.3 Å². The third kappa shape index (κ3) is 4.65. The number of halogens is 5. The quantitative estimate of drug-likeness (QED) is 0.783. The number of carbonyl (C=O) groups excluding carboxylic acids is 1. The Bertz CT molecular complexity index is 937. The Morgan fingerprint density at radius 3 is 2.41 bits per heavy atom. The predicted octanol–water partition coefficient (Wildman–Crippen LogP) is 3.88. The van der Waals surface area contributed by atoms with Gasteiger partial charge in [-0.25, -0.2) is 8.78 Å². The van der Waals surface area contributed by atoms with Gasteiger partial charge in [-0.1, -0.05) is 12.1 Å². The molecule has 0 aliphatic carbocycles. The number of nitrogens with one attached hydrogen (secondary N) is 1. The standard InChI is InChI=1S/C20H16F5N3O/c21-14-4-2-13(3-5-14)15-7-8-28(11-17(15)27-19(29)20(23,24)25)18-6-1-12(10-26)9-16(18)22/h1-6,9,15,17H,7-8,11H2,(H,27,29). The maximum atomic E-state index is 14.4. The first-order chi connectivity index (χ1) is 13.7. The number of benzene rings is 2. The number of nitrogens with zero attached hydrogens (tertiary/aromatic N) is 2. The van der Waals surface area contributed by atoms with Crippen molar-refractivity contribution in [1.29, 1.82) is 5.26 Å². The molecule has 1 fully saturated rings. The van der Waals surface area contributed by atoms with Crippen LogP contribution in [0.3, 0.4) is 0 Å². The van der Waals surface area contributed by atoms with Crippen molar-refractivity contribution < 1.29 is 26.7 Å². The fourth-order valence-electron chi connectivity index (χ4n) is 3.51. The number of carbonyl (C=O) groups is 1. The van der Waals surface area contributed by atoms with Crippen molar-refractivity contribution in [2.45, 2.75) is 24.6 Å². The first kappa shape index (κ1) is 20.6. The molecule has 0 saturated carbocycles. The molecule has 2 aromatic carbocycles. The summed E-state index contributed by atoms with van der Waals surface area (Å²) in [6.07, 6.45) is -4.75. The molecule has 1 aliphatic heterocycles. The number of hydrogen-bond donors (Lipinski definition) is 1. The maximum absolute atomic E-state index is 14.4. The molecule has 2 atom stereocenters. The van der Waals surface area contributed by atoms with E-state index in [1.165, 1.54) is 41.3 Å². The molecule has 9 heteroatoms. The Morgan fingerprint density at radius 1 is 1.14 bits per heavy atom. The second kappa shape index (κ2) is 8.07. The molecule has 3 rings (SSSR count). The van der Waals surface area contributed by atoms with E-state index in [0.717, 1.165) is 6.07 Å². The van der Waals surface area contributed by atoms with Gasteiger partial charge in [0.15, 0.2) is 0 Å². The summed E-state index contributed by atoms with van der Waals surface area (Å²) in [6.45, 7) is 0.232. The van der Waals surface area contributed by atoms with Gasteiger partial charge in [-0.3, -0.25) is 4.79 Å². The second-order valence-electron chi connectivity index (χ2n) is 6.75. The molecule has 2 unspecified atom stereocenters. The summed E-state index contributed by atoms with van der Waals surface area (Å²) >= 11 is 0. The van der Waals surface area contributed by atoms with Crippen LogP contribution in [0.2, 0.25) is 0 Å². The van der Waals surface area contributed by atoms with Crippen molar-refractivity contribution >= 4 is 11.6 Å². The first-order valence-corrected chi connectivity index (χ1v) is 8.77. The van der Waals surface area contributed by atoms with Gasteiger partial charge in [0, 0.05) is 19.0 Å². The van der Waals surface area contributed by atoms with Crippen LogP contribution in [0.1, 0.15) is 23.5 Å². The summed E-state index contributed by atoms with van der Waals surface area (Å²) in [5.74, 6) is -3.75. The summed E-state index contributed by atoms with van der Waals surface area (Å²) in [7, 11) is 0. The van der Waals surface area contributed by atoms with Gasteiger partial charge >= 0.3 is 12.1 Å². The lowest BCUT2D eigenvalue weighted by Gasteiger charge is -2.40. The number of nitriles is 1. The van der Waals surface area contributed by atoms with Crippen LogP contribution in [0.4, 0.5) is 27.6 Å². The van der Waals surface area contributed by atoms with Gasteiger partial charge in [-0.15, -0.1) is 0 Å². The summed E-state index contributed by atoms with van der Waals surface area (Å²) < 4.78 is 65.9. The molecule has 152 valence electrons. The molecular formula is C20H16F5N3O. The van der Waals surface area contributed by atoms with Gasteiger partial charge in [0.25, 0.3) is 0 Å². The number of anilines is 1. The van der Waals surface area contributed by atoms with E-state index in [-0.39, 0.29) is 17.8 Å². The van der Waals surface area contributed by atoms with Gasteiger partial charge in [0.1, 0.15) is 11.6 Å². The topological polar surface area (TPSA) is 56.1 Å². The van der Waals surface area contributed by atoms with Crippen molar-refractivity contribution in [3.63, 3.8) is 0 Å². The van der Waals surface area contributed by atoms with Gasteiger partial charge in [-0.2, -0.15) is 18.4 Å². The highest BCUT2D eigenvalue weighted by Crippen LogP contribution is 2.33. The third-order valence-corrected chi connectivity index (χ3v) is 4.90. The lowest BCUT2D eigenvalue weighted by molar-refractivity contribution is -0.174. The normalized spacial score (nSPS) is 19.5. The third-order valence-electron chi connectivity index (χ3n) is 4.90. The Morgan fingerprint density at radius 2 is 1.83 bits per heavy atom. The van der Waals surface area contributed by atoms with Crippen molar-refractivity contribution in [2.24, 2.45) is 0 Å². The second-order valence-corrected chi connectivity index (χ2v) is 6.75. The van der Waals surface area contributed by atoms with Crippen LogP contribution in [0, 0.1) is 23.0 Å². The van der Waals surface area contributed by atoms with Crippen LogP contribution in [0.15, 0.2) is 42.5 Å². The number of piperidine rings is 1. The highest BCUT2D eigenvalue weighted by atomic mass is 19.4. The summed E-state index contributed by atoms with van der Waals surface area (Å²) in [6, 6.07) is 10.0. The fraction of sp³-hybridized carbons (Fsp3) is 0.300. The van der Waals surface area contributed by atoms with E-state index in [1.54, 1.807) is 0 Å². The van der Waals surface area contributed by atoms with E-state index in [1.807, 2.05) is 11.4 Å². The molecule has 0 aromatic heterocycles. The van der Waals surface area contributed by atoms with Gasteiger partial charge in [0.2, 0.25) is 0 Å². The Hall–Kier alpha value is -3.15. The highest BCUT2D eigenvalue weighted by molar-refractivity contribution is 5.82. The summed E-state index contributed by atoms with van der Waals surface area (Å²) in [4.78, 5) is 13.1. The van der Waals surface area contributed by atoms with Crippen LogP contribution >= 0.6 is 0 Å². The van der Waals surface area contributed by atoms with Crippen LogP contribution in [-0.4, -0.2) is 31.2 Å². The van der Waals surface area contributed by atoms with E-state index in [4.69, 9.17) is 5.26 Å². The Kier molecular flexibility index (Phi) is 5.73. The zero-order valence-corrected chi connectivity index (χ0v) is 15.0. The molecule has 29 heavy (non-hydrogen) atoms. The number of amides is 1. The molecule has 1 saturated heterocycles. The molecule has 1 aliphatic rings. The molecule has 0 spiro atoms. The molecule has 1 N–H and O–H groups in total. The van der Waals surface area contributed by atoms with Crippen molar-refractivity contribution in [2.75, 3.05) is 18.0 Å². The van der Waals surface area contributed by atoms with E-state index in [9.17, 15) is 26.7 Å². The number of alkyl halides is 3.